The second kappa shape index (κ2) is 7.86. The second-order valence-electron chi connectivity index (χ2n) is 6.75. The molecule has 1 fully saturated rings. The lowest BCUT2D eigenvalue weighted by Gasteiger charge is -2.38. The minimum atomic E-state index is -0.411. The van der Waals surface area contributed by atoms with Crippen LogP contribution in [0.25, 0.3) is 0 Å². The highest BCUT2D eigenvalue weighted by Gasteiger charge is 2.35. The van der Waals surface area contributed by atoms with Crippen molar-refractivity contribution in [1.29, 1.82) is 0 Å². The quantitative estimate of drug-likeness (QED) is 0.827. The van der Waals surface area contributed by atoms with Crippen LogP contribution >= 0.6 is 0 Å². The zero-order valence-corrected chi connectivity index (χ0v) is 15.2. The number of fused-ring (bicyclic) bond motifs is 1. The zero-order chi connectivity index (χ0) is 18.7. The lowest BCUT2D eigenvalue weighted by Crippen LogP contribution is -2.54. The van der Waals surface area contributed by atoms with Crippen LogP contribution in [-0.4, -0.2) is 55.0 Å². The van der Waals surface area contributed by atoms with Crippen LogP contribution in [0.2, 0.25) is 0 Å². The van der Waals surface area contributed by atoms with Crippen molar-refractivity contribution in [2.24, 2.45) is 5.92 Å². The van der Waals surface area contributed by atoms with E-state index in [1.54, 1.807) is 13.0 Å². The number of piperidine rings is 1. The topological polar surface area (TPSA) is 79.0 Å². The first-order valence-electron chi connectivity index (χ1n) is 9.12. The number of benzene rings is 1. The van der Waals surface area contributed by atoms with Gasteiger partial charge in [-0.15, -0.1) is 0 Å². The molecule has 1 aromatic carbocycles. The van der Waals surface area contributed by atoms with Gasteiger partial charge in [-0.3, -0.25) is 24.2 Å². The predicted octanol–water partition coefficient (Wildman–Crippen LogP) is 1.64. The Morgan fingerprint density at radius 1 is 1.35 bits per heavy atom. The van der Waals surface area contributed by atoms with Crippen molar-refractivity contribution in [3.05, 3.63) is 24.3 Å². The molecule has 2 heterocycles. The minimum absolute atomic E-state index is 0.00926. The Hall–Kier alpha value is -2.41. The third kappa shape index (κ3) is 3.72. The average Bonchev–Trinajstić information content (AvgIpc) is 2.66. The van der Waals surface area contributed by atoms with E-state index >= 15 is 0 Å². The van der Waals surface area contributed by atoms with Gasteiger partial charge in [0.25, 0.3) is 0 Å². The molecule has 0 aliphatic carbocycles. The predicted molar refractivity (Wildman–Crippen MR) is 97.8 cm³/mol. The number of likely N-dealkylation sites (tertiary alicyclic amines) is 1. The SMILES string of the molecule is CCOC(=O)[C@H]1CCCN([C@H](C)C(=O)N2CC(=O)Nc3ccccc32)C1. The van der Waals surface area contributed by atoms with E-state index in [0.717, 1.165) is 19.4 Å². The number of nitrogens with one attached hydrogen (secondary N) is 1. The van der Waals surface area contributed by atoms with Gasteiger partial charge in [0.15, 0.2) is 0 Å². The van der Waals surface area contributed by atoms with E-state index < -0.39 is 6.04 Å². The van der Waals surface area contributed by atoms with E-state index in [9.17, 15) is 14.4 Å². The van der Waals surface area contributed by atoms with Crippen molar-refractivity contribution in [2.75, 3.05) is 36.5 Å². The van der Waals surface area contributed by atoms with Crippen molar-refractivity contribution >= 4 is 29.2 Å². The van der Waals surface area contributed by atoms with Gasteiger partial charge in [-0.1, -0.05) is 12.1 Å². The summed E-state index contributed by atoms with van der Waals surface area (Å²) in [6, 6.07) is 6.88. The van der Waals surface area contributed by atoms with Gasteiger partial charge in [-0.05, 0) is 45.4 Å². The van der Waals surface area contributed by atoms with Gasteiger partial charge in [0.05, 0.1) is 29.9 Å². The van der Waals surface area contributed by atoms with E-state index in [1.807, 2.05) is 30.0 Å². The monoisotopic (exact) mass is 359 g/mol. The van der Waals surface area contributed by atoms with Crippen molar-refractivity contribution in [2.45, 2.75) is 32.7 Å². The molecular weight excluding hydrogens is 334 g/mol. The lowest BCUT2D eigenvalue weighted by atomic mass is 9.96. The summed E-state index contributed by atoms with van der Waals surface area (Å²) in [5.41, 5.74) is 1.36. The normalized spacial score (nSPS) is 21.5. The summed E-state index contributed by atoms with van der Waals surface area (Å²) >= 11 is 0. The number of rotatable bonds is 4. The Labute approximate surface area is 153 Å². The molecule has 1 aromatic rings. The summed E-state index contributed by atoms with van der Waals surface area (Å²) in [6.07, 6.45) is 1.63. The highest BCUT2D eigenvalue weighted by molar-refractivity contribution is 6.11. The second-order valence-corrected chi connectivity index (χ2v) is 6.75. The lowest BCUT2D eigenvalue weighted by molar-refractivity contribution is -0.150. The van der Waals surface area contributed by atoms with E-state index in [2.05, 4.69) is 5.32 Å². The van der Waals surface area contributed by atoms with Crippen LogP contribution in [0.4, 0.5) is 11.4 Å². The molecule has 0 radical (unpaired) electrons. The van der Waals surface area contributed by atoms with Crippen molar-refractivity contribution in [3.8, 4) is 0 Å². The molecule has 7 nitrogen and oxygen atoms in total. The van der Waals surface area contributed by atoms with E-state index in [0.29, 0.717) is 24.5 Å². The molecule has 2 amide bonds. The number of amides is 2. The number of nitrogens with zero attached hydrogens (tertiary/aromatic N) is 2. The van der Waals surface area contributed by atoms with Crippen LogP contribution in [0, 0.1) is 5.92 Å². The van der Waals surface area contributed by atoms with E-state index in [-0.39, 0.29) is 30.2 Å². The fourth-order valence-electron chi connectivity index (χ4n) is 3.62. The Balaban J connectivity index is 1.73. The maximum Gasteiger partial charge on any atom is 0.310 e. The minimum Gasteiger partial charge on any atom is -0.466 e. The molecule has 0 bridgehead atoms. The molecule has 3 rings (SSSR count). The Morgan fingerprint density at radius 2 is 2.12 bits per heavy atom. The number of esters is 1. The van der Waals surface area contributed by atoms with Gasteiger partial charge >= 0.3 is 5.97 Å². The van der Waals surface area contributed by atoms with Crippen LogP contribution in [0.15, 0.2) is 24.3 Å². The number of hydrogen-bond donors (Lipinski definition) is 1. The first-order valence-corrected chi connectivity index (χ1v) is 9.12. The van der Waals surface area contributed by atoms with Gasteiger partial charge in [-0.25, -0.2) is 0 Å². The number of hydrogen-bond acceptors (Lipinski definition) is 5. The molecule has 0 aromatic heterocycles. The maximum absolute atomic E-state index is 13.1. The summed E-state index contributed by atoms with van der Waals surface area (Å²) in [4.78, 5) is 40.7. The maximum atomic E-state index is 13.1. The molecular formula is C19H25N3O4. The van der Waals surface area contributed by atoms with Crippen LogP contribution in [0.5, 0.6) is 0 Å². The summed E-state index contributed by atoms with van der Waals surface area (Å²) in [6.45, 7) is 5.27. The molecule has 2 atom stereocenters. The first kappa shape index (κ1) is 18.4. The van der Waals surface area contributed by atoms with E-state index in [1.165, 1.54) is 4.90 Å². The molecule has 1 saturated heterocycles. The smallest absolute Gasteiger partial charge is 0.310 e. The molecule has 0 saturated carbocycles. The van der Waals surface area contributed by atoms with Crippen molar-refractivity contribution in [3.63, 3.8) is 0 Å². The summed E-state index contributed by atoms with van der Waals surface area (Å²) in [7, 11) is 0. The highest BCUT2D eigenvalue weighted by atomic mass is 16.5. The Bertz CT molecular complexity index is 706. The summed E-state index contributed by atoms with van der Waals surface area (Å²) in [5, 5.41) is 2.79. The van der Waals surface area contributed by atoms with Crippen LogP contribution in [-0.2, 0) is 19.1 Å². The third-order valence-electron chi connectivity index (χ3n) is 5.01. The van der Waals surface area contributed by atoms with Crippen molar-refractivity contribution < 1.29 is 19.1 Å². The fraction of sp³-hybridized carbons (Fsp3) is 0.526. The zero-order valence-electron chi connectivity index (χ0n) is 15.2. The first-order chi connectivity index (χ1) is 12.5. The van der Waals surface area contributed by atoms with Gasteiger partial charge < -0.3 is 10.1 Å². The van der Waals surface area contributed by atoms with Gasteiger partial charge in [-0.2, -0.15) is 0 Å². The molecule has 140 valence electrons. The van der Waals surface area contributed by atoms with Crippen molar-refractivity contribution in [1.82, 2.24) is 4.90 Å². The summed E-state index contributed by atoms with van der Waals surface area (Å²) < 4.78 is 5.13. The van der Waals surface area contributed by atoms with Crippen LogP contribution in [0.1, 0.15) is 26.7 Å². The molecule has 2 aliphatic heterocycles. The fourth-order valence-corrected chi connectivity index (χ4v) is 3.62. The van der Waals surface area contributed by atoms with Gasteiger partial charge in [0, 0.05) is 6.54 Å². The summed E-state index contributed by atoms with van der Waals surface area (Å²) in [5.74, 6) is -0.723. The Kier molecular flexibility index (Phi) is 5.56. The number of carbonyl (C=O) groups excluding carboxylic acids is 3. The average molecular weight is 359 g/mol. The third-order valence-corrected chi connectivity index (χ3v) is 5.01. The number of carbonyl (C=O) groups is 3. The van der Waals surface area contributed by atoms with Crippen LogP contribution < -0.4 is 10.2 Å². The number of anilines is 2. The largest absolute Gasteiger partial charge is 0.466 e. The van der Waals surface area contributed by atoms with E-state index in [4.69, 9.17) is 4.74 Å². The molecule has 0 unspecified atom stereocenters. The molecule has 0 spiro atoms. The molecule has 1 N–H and O–H groups in total. The standard InChI is InChI=1S/C19H25N3O4/c1-3-26-19(25)14-7-6-10-21(11-14)13(2)18(24)22-12-17(23)20-15-8-4-5-9-16(15)22/h4-5,8-9,13-14H,3,6-7,10-12H2,1-2H3,(H,20,23)/t13-,14+/m1/s1. The molecule has 26 heavy (non-hydrogen) atoms. The van der Waals surface area contributed by atoms with Gasteiger partial charge in [0.1, 0.15) is 6.54 Å². The molecule has 2 aliphatic rings. The van der Waals surface area contributed by atoms with Crippen LogP contribution in [0.3, 0.4) is 0 Å². The Morgan fingerprint density at radius 3 is 2.88 bits per heavy atom. The highest BCUT2D eigenvalue weighted by Crippen LogP contribution is 2.30. The number of para-hydroxylation sites is 2. The van der Waals surface area contributed by atoms with Gasteiger partial charge in [0.2, 0.25) is 11.8 Å². The molecule has 7 heteroatoms. The number of ether oxygens (including phenoxy) is 1.